The van der Waals surface area contributed by atoms with Crippen molar-refractivity contribution in [2.75, 3.05) is 9.80 Å². The summed E-state index contributed by atoms with van der Waals surface area (Å²) in [4.78, 5) is 4.85. The van der Waals surface area contributed by atoms with Crippen molar-refractivity contribution in [1.29, 1.82) is 0 Å². The van der Waals surface area contributed by atoms with Gasteiger partial charge in [0.25, 0.3) is 6.71 Å². The second-order valence-electron chi connectivity index (χ2n) is 11.0. The lowest BCUT2D eigenvalue weighted by Gasteiger charge is -2.44. The van der Waals surface area contributed by atoms with Crippen molar-refractivity contribution < 1.29 is 2.74 Å². The normalized spacial score (nSPS) is 16.7. The molecule has 0 amide bonds. The van der Waals surface area contributed by atoms with Gasteiger partial charge in [0.15, 0.2) is 0 Å². The Balaban J connectivity index is 1.46. The zero-order valence-corrected chi connectivity index (χ0v) is 22.0. The van der Waals surface area contributed by atoms with Crippen LogP contribution in [0.1, 0.15) is 46.3 Å². The molecule has 5 aromatic rings. The highest BCUT2D eigenvalue weighted by atomic mass is 15.2. The van der Waals surface area contributed by atoms with Gasteiger partial charge in [-0.1, -0.05) is 92.0 Å². The standard InChI is InChI=1S/C36H31BN2/c1-4-14-26(15-5-1)27-24-34-36-35(25-27)39(29-18-8-3-9-19-29)33-23-13-11-21-31(33)37(36)30-20-10-12-22-32(30)38(34)28-16-6-2-7-17-28/h2-3,6-13,16-26H,1,4-5,14-15H2/i2D,3D. The molecule has 3 aliphatic rings. The second kappa shape index (κ2) is 9.20. The molecule has 1 fully saturated rings. The highest BCUT2D eigenvalue weighted by molar-refractivity contribution is 7.00. The summed E-state index contributed by atoms with van der Waals surface area (Å²) in [6.07, 6.45) is 6.36. The summed E-state index contributed by atoms with van der Waals surface area (Å²) in [5.74, 6) is 0.549. The predicted molar refractivity (Wildman–Crippen MR) is 166 cm³/mol. The van der Waals surface area contributed by atoms with Gasteiger partial charge in [-0.3, -0.25) is 0 Å². The molecule has 1 aliphatic carbocycles. The molecule has 0 radical (unpaired) electrons. The Kier molecular flexibility index (Phi) is 4.88. The third-order valence-corrected chi connectivity index (χ3v) is 8.90. The van der Waals surface area contributed by atoms with Crippen molar-refractivity contribution in [2.45, 2.75) is 38.0 Å². The minimum absolute atomic E-state index is 0.117. The van der Waals surface area contributed by atoms with Gasteiger partial charge in [0.2, 0.25) is 0 Å². The Morgan fingerprint density at radius 2 is 1.05 bits per heavy atom. The number of para-hydroxylation sites is 4. The zero-order chi connectivity index (χ0) is 27.5. The van der Waals surface area contributed by atoms with E-state index in [9.17, 15) is 0 Å². The highest BCUT2D eigenvalue weighted by Gasteiger charge is 2.43. The van der Waals surface area contributed by atoms with E-state index >= 15 is 0 Å². The van der Waals surface area contributed by atoms with Gasteiger partial charge >= 0.3 is 0 Å². The van der Waals surface area contributed by atoms with Gasteiger partial charge in [0, 0.05) is 34.1 Å². The van der Waals surface area contributed by atoms with Crippen molar-refractivity contribution in [2.24, 2.45) is 0 Å². The number of rotatable bonds is 3. The Labute approximate surface area is 234 Å². The number of hydrogen-bond donors (Lipinski definition) is 0. The third kappa shape index (κ3) is 3.56. The molecular weight excluding hydrogens is 471 g/mol. The summed E-state index contributed by atoms with van der Waals surface area (Å²) in [7, 11) is 0. The minimum atomic E-state index is 0.117. The predicted octanol–water partition coefficient (Wildman–Crippen LogP) is 7.82. The molecule has 2 aliphatic heterocycles. The summed E-state index contributed by atoms with van der Waals surface area (Å²) in [5.41, 5.74) is 12.4. The monoisotopic (exact) mass is 504 g/mol. The number of nitrogens with zero attached hydrogens (tertiary/aromatic N) is 2. The van der Waals surface area contributed by atoms with Crippen LogP contribution < -0.4 is 26.2 Å². The fourth-order valence-corrected chi connectivity index (χ4v) is 7.20. The van der Waals surface area contributed by atoms with Gasteiger partial charge in [-0.25, -0.2) is 0 Å². The van der Waals surface area contributed by atoms with Crippen LogP contribution >= 0.6 is 0 Å². The first-order valence-electron chi connectivity index (χ1n) is 15.3. The van der Waals surface area contributed by atoms with Gasteiger partial charge in [-0.05, 0) is 89.2 Å². The Morgan fingerprint density at radius 3 is 1.56 bits per heavy atom. The summed E-state index contributed by atoms with van der Waals surface area (Å²) in [6, 6.07) is 39.6. The Morgan fingerprint density at radius 1 is 0.564 bits per heavy atom. The van der Waals surface area contributed by atoms with Crippen molar-refractivity contribution in [3.05, 3.63) is 127 Å². The molecular formula is C36H31BN2. The maximum Gasteiger partial charge on any atom is 0.252 e. The van der Waals surface area contributed by atoms with Crippen LogP contribution in [0.5, 0.6) is 0 Å². The summed E-state index contributed by atoms with van der Waals surface area (Å²) >= 11 is 0. The van der Waals surface area contributed by atoms with Gasteiger partial charge in [0.05, 0.1) is 2.74 Å². The van der Waals surface area contributed by atoms with Crippen LogP contribution in [0, 0.1) is 0 Å². The molecule has 0 unspecified atom stereocenters. The molecule has 0 atom stereocenters. The maximum atomic E-state index is 8.15. The fourth-order valence-electron chi connectivity index (χ4n) is 7.20. The molecule has 0 N–H and O–H groups in total. The average molecular weight is 504 g/mol. The molecule has 0 bridgehead atoms. The van der Waals surface area contributed by atoms with Crippen LogP contribution in [0.2, 0.25) is 0 Å². The molecule has 188 valence electrons. The zero-order valence-electron chi connectivity index (χ0n) is 24.0. The molecule has 0 aromatic heterocycles. The topological polar surface area (TPSA) is 6.48 Å². The quantitative estimate of drug-likeness (QED) is 0.227. The SMILES string of the molecule is [2H]c1ccc(N2c3ccccc3B3c4ccccc4N(c4ccc([2H])cc4)c4cc(C5CCCCC5)cc2c43)cc1. The molecule has 2 heterocycles. The van der Waals surface area contributed by atoms with Crippen LogP contribution in [0.4, 0.5) is 34.1 Å². The molecule has 8 rings (SSSR count). The number of anilines is 6. The molecule has 0 saturated heterocycles. The van der Waals surface area contributed by atoms with Crippen LogP contribution in [-0.4, -0.2) is 6.71 Å². The van der Waals surface area contributed by atoms with E-state index in [4.69, 9.17) is 2.74 Å². The third-order valence-electron chi connectivity index (χ3n) is 8.90. The van der Waals surface area contributed by atoms with Crippen LogP contribution in [0.3, 0.4) is 0 Å². The van der Waals surface area contributed by atoms with E-state index < -0.39 is 0 Å². The molecule has 1 saturated carbocycles. The number of fused-ring (bicyclic) bond motifs is 4. The van der Waals surface area contributed by atoms with Crippen molar-refractivity contribution in [1.82, 2.24) is 0 Å². The lowest BCUT2D eigenvalue weighted by atomic mass is 9.33. The fraction of sp³-hybridized carbons (Fsp3) is 0.167. The molecule has 5 aromatic carbocycles. The van der Waals surface area contributed by atoms with Crippen LogP contribution in [-0.2, 0) is 0 Å². The summed E-state index contributed by atoms with van der Waals surface area (Å²) < 4.78 is 16.3. The van der Waals surface area contributed by atoms with Gasteiger partial charge in [0.1, 0.15) is 0 Å². The van der Waals surface area contributed by atoms with Gasteiger partial charge in [-0.15, -0.1) is 0 Å². The van der Waals surface area contributed by atoms with E-state index in [2.05, 4.69) is 94.7 Å². The number of benzene rings is 5. The molecule has 3 heteroatoms. The van der Waals surface area contributed by atoms with Gasteiger partial charge < -0.3 is 9.80 Å². The lowest BCUT2D eigenvalue weighted by Crippen LogP contribution is -2.61. The van der Waals surface area contributed by atoms with Gasteiger partial charge in [-0.2, -0.15) is 0 Å². The van der Waals surface area contributed by atoms with Crippen molar-refractivity contribution in [3.63, 3.8) is 0 Å². The largest absolute Gasteiger partial charge is 0.311 e. The lowest BCUT2D eigenvalue weighted by molar-refractivity contribution is 0.444. The maximum absolute atomic E-state index is 8.15. The highest BCUT2D eigenvalue weighted by Crippen LogP contribution is 2.46. The summed E-state index contributed by atoms with van der Waals surface area (Å²) in [6.45, 7) is 0.117. The average Bonchev–Trinajstić information content (AvgIpc) is 3.02. The number of hydrogen-bond acceptors (Lipinski definition) is 2. The first-order valence-corrected chi connectivity index (χ1v) is 14.3. The molecule has 39 heavy (non-hydrogen) atoms. The molecule has 0 spiro atoms. The minimum Gasteiger partial charge on any atom is -0.311 e. The van der Waals surface area contributed by atoms with E-state index in [0.717, 1.165) is 11.4 Å². The van der Waals surface area contributed by atoms with E-state index in [1.54, 1.807) is 0 Å². The first-order chi connectivity index (χ1) is 20.2. The van der Waals surface area contributed by atoms with E-state index in [1.165, 1.54) is 76.8 Å². The smallest absolute Gasteiger partial charge is 0.252 e. The first kappa shape index (κ1) is 20.7. The van der Waals surface area contributed by atoms with Crippen molar-refractivity contribution >= 4 is 57.2 Å². The Hall–Kier alpha value is -4.24. The van der Waals surface area contributed by atoms with Crippen LogP contribution in [0.25, 0.3) is 0 Å². The Bertz CT molecular complexity index is 1640. The summed E-state index contributed by atoms with van der Waals surface area (Å²) in [5, 5.41) is 0. The van der Waals surface area contributed by atoms with E-state index in [1.807, 2.05) is 24.3 Å². The van der Waals surface area contributed by atoms with E-state index in [0.29, 0.717) is 18.0 Å². The molecule has 2 nitrogen and oxygen atoms in total. The van der Waals surface area contributed by atoms with E-state index in [-0.39, 0.29) is 6.71 Å². The van der Waals surface area contributed by atoms with Crippen molar-refractivity contribution in [3.8, 4) is 0 Å². The second-order valence-corrected chi connectivity index (χ2v) is 11.0. The van der Waals surface area contributed by atoms with Crippen LogP contribution in [0.15, 0.2) is 121 Å².